The van der Waals surface area contributed by atoms with Gasteiger partial charge >= 0.3 is 5.08 Å². The smallest absolute Gasteiger partial charge is 0.337 e. The molecule has 1 aromatic carbocycles. The van der Waals surface area contributed by atoms with E-state index in [9.17, 15) is 0 Å². The van der Waals surface area contributed by atoms with Gasteiger partial charge < -0.3 is 12.6 Å². The SMILES string of the molecule is Cc1ccc(C([S-])=N[N+]#N)cc1. The van der Waals surface area contributed by atoms with Gasteiger partial charge in [-0.1, -0.05) is 29.8 Å². The highest BCUT2D eigenvalue weighted by Crippen LogP contribution is 2.04. The average Bonchev–Trinajstić information content (AvgIpc) is 2.06. The van der Waals surface area contributed by atoms with Crippen LogP contribution >= 0.6 is 0 Å². The summed E-state index contributed by atoms with van der Waals surface area (Å²) in [5.74, 6) is 0. The van der Waals surface area contributed by atoms with Gasteiger partial charge in [0.1, 0.15) is 5.10 Å². The normalized spacial score (nSPS) is 10.8. The Kier molecular flexibility index (Phi) is 2.72. The molecule has 1 rings (SSSR count). The molecule has 0 unspecified atom stereocenters. The number of rotatable bonds is 1. The number of nitrogens with zero attached hydrogens (tertiary/aromatic N) is 3. The molecule has 0 saturated heterocycles. The zero-order valence-electron chi connectivity index (χ0n) is 6.56. The maximum absolute atomic E-state index is 8.12. The van der Waals surface area contributed by atoms with Crippen molar-refractivity contribution in [3.8, 4) is 0 Å². The summed E-state index contributed by atoms with van der Waals surface area (Å²) < 4.78 is 0. The molecule has 12 heavy (non-hydrogen) atoms. The zero-order chi connectivity index (χ0) is 8.97. The second-order valence-corrected chi connectivity index (χ2v) is 2.75. The van der Waals surface area contributed by atoms with E-state index >= 15 is 0 Å². The van der Waals surface area contributed by atoms with Gasteiger partial charge in [-0.15, -0.1) is 0 Å². The van der Waals surface area contributed by atoms with Gasteiger partial charge in [-0.3, -0.25) is 0 Å². The number of hydrogen-bond donors (Lipinski definition) is 0. The van der Waals surface area contributed by atoms with E-state index in [0.29, 0.717) is 0 Å². The highest BCUT2D eigenvalue weighted by Gasteiger charge is 1.93. The van der Waals surface area contributed by atoms with Crippen LogP contribution in [-0.2, 0) is 12.6 Å². The molecule has 0 radical (unpaired) electrons. The van der Waals surface area contributed by atoms with Crippen molar-refractivity contribution in [2.75, 3.05) is 0 Å². The molecule has 0 bridgehead atoms. The topological polar surface area (TPSA) is 40.5 Å². The van der Waals surface area contributed by atoms with E-state index in [-0.39, 0.29) is 5.04 Å². The molecule has 0 aromatic heterocycles. The molecule has 4 heteroatoms. The quantitative estimate of drug-likeness (QED) is 0.216. The molecule has 0 spiro atoms. The predicted octanol–water partition coefficient (Wildman–Crippen LogP) is 2.06. The van der Waals surface area contributed by atoms with Crippen LogP contribution < -0.4 is 0 Å². The van der Waals surface area contributed by atoms with Crippen LogP contribution in [0.1, 0.15) is 11.1 Å². The van der Waals surface area contributed by atoms with Crippen molar-refractivity contribution in [3.63, 3.8) is 0 Å². The van der Waals surface area contributed by atoms with Crippen LogP contribution in [0.15, 0.2) is 29.4 Å². The third-order valence-electron chi connectivity index (χ3n) is 1.43. The van der Waals surface area contributed by atoms with Crippen molar-refractivity contribution >= 4 is 17.7 Å². The first-order chi connectivity index (χ1) is 5.74. The Balaban J connectivity index is 2.99. The largest absolute Gasteiger partial charge is 0.753 e. The van der Waals surface area contributed by atoms with E-state index < -0.39 is 0 Å². The van der Waals surface area contributed by atoms with Gasteiger partial charge in [0, 0.05) is 5.04 Å². The first-order valence-corrected chi connectivity index (χ1v) is 3.81. The third-order valence-corrected chi connectivity index (χ3v) is 1.75. The molecule has 0 aliphatic rings. The van der Waals surface area contributed by atoms with E-state index in [1.165, 1.54) is 0 Å². The summed E-state index contributed by atoms with van der Waals surface area (Å²) >= 11 is 4.84. The molecular weight excluding hydrogens is 170 g/mol. The second-order valence-electron chi connectivity index (χ2n) is 2.36. The Bertz CT molecular complexity index is 334. The van der Waals surface area contributed by atoms with Gasteiger partial charge in [-0.25, -0.2) is 0 Å². The minimum Gasteiger partial charge on any atom is -0.753 e. The Morgan fingerprint density at radius 3 is 2.50 bits per heavy atom. The second kappa shape index (κ2) is 3.79. The van der Waals surface area contributed by atoms with E-state index in [0.717, 1.165) is 11.1 Å². The van der Waals surface area contributed by atoms with Crippen LogP contribution in [-0.4, -0.2) is 5.04 Å². The number of diazo groups is 1. The Labute approximate surface area is 76.1 Å². The summed E-state index contributed by atoms with van der Waals surface area (Å²) in [7, 11) is 0. The van der Waals surface area contributed by atoms with Gasteiger partial charge in [-0.2, -0.15) is 0 Å². The summed E-state index contributed by atoms with van der Waals surface area (Å²) in [4.78, 5) is 0. The minimum absolute atomic E-state index is 0.289. The van der Waals surface area contributed by atoms with Crippen molar-refractivity contribution in [1.29, 1.82) is 5.39 Å². The summed E-state index contributed by atoms with van der Waals surface area (Å²) in [5, 5.41) is 14.4. The van der Waals surface area contributed by atoms with Crippen LogP contribution in [0.4, 0.5) is 0 Å². The van der Waals surface area contributed by atoms with Crippen molar-refractivity contribution in [1.82, 2.24) is 0 Å². The monoisotopic (exact) mass is 177 g/mol. The summed E-state index contributed by atoms with van der Waals surface area (Å²) in [6, 6.07) is 7.53. The standard InChI is InChI=1S/C8H7N3S/c1-6-2-4-7(5-3-6)8(12)10-11-9/h2-5H,1H3. The minimum atomic E-state index is 0.289. The fourth-order valence-electron chi connectivity index (χ4n) is 0.794. The van der Waals surface area contributed by atoms with E-state index in [1.807, 2.05) is 31.2 Å². The summed E-state index contributed by atoms with van der Waals surface area (Å²) in [5.41, 5.74) is 1.94. The summed E-state index contributed by atoms with van der Waals surface area (Å²) in [6.07, 6.45) is 0. The van der Waals surface area contributed by atoms with E-state index in [4.69, 9.17) is 18.0 Å². The maximum Gasteiger partial charge on any atom is 0.337 e. The molecule has 0 amide bonds. The highest BCUT2D eigenvalue weighted by atomic mass is 32.1. The average molecular weight is 177 g/mol. The molecule has 3 nitrogen and oxygen atoms in total. The Morgan fingerprint density at radius 1 is 1.42 bits per heavy atom. The van der Waals surface area contributed by atoms with Crippen LogP contribution in [0, 0.1) is 12.3 Å². The van der Waals surface area contributed by atoms with Crippen molar-refractivity contribution in [3.05, 3.63) is 40.5 Å². The van der Waals surface area contributed by atoms with Gasteiger partial charge in [-0.05, 0) is 12.5 Å². The molecule has 0 aliphatic heterocycles. The van der Waals surface area contributed by atoms with Crippen molar-refractivity contribution in [2.24, 2.45) is 5.10 Å². The molecule has 0 fully saturated rings. The van der Waals surface area contributed by atoms with Crippen LogP contribution in [0.2, 0.25) is 0 Å². The third kappa shape index (κ3) is 2.01. The van der Waals surface area contributed by atoms with Crippen LogP contribution in [0.5, 0.6) is 0 Å². The Hall–Kier alpha value is -1.47. The molecule has 60 valence electrons. The fourth-order valence-corrected chi connectivity index (χ4v) is 0.967. The van der Waals surface area contributed by atoms with Crippen molar-refractivity contribution < 1.29 is 0 Å². The lowest BCUT2D eigenvalue weighted by molar-refractivity contribution is 1.35. The van der Waals surface area contributed by atoms with E-state index in [2.05, 4.69) is 10.2 Å². The maximum atomic E-state index is 8.12. The molecule has 0 aliphatic carbocycles. The molecule has 1 aromatic rings. The predicted molar refractivity (Wildman–Crippen MR) is 50.2 cm³/mol. The lowest BCUT2D eigenvalue weighted by atomic mass is 10.2. The van der Waals surface area contributed by atoms with Gasteiger partial charge in [0.05, 0.1) is 0 Å². The van der Waals surface area contributed by atoms with Gasteiger partial charge in [0.2, 0.25) is 0 Å². The molecule has 0 N–H and O–H groups in total. The fraction of sp³-hybridized carbons (Fsp3) is 0.125. The van der Waals surface area contributed by atoms with Gasteiger partial charge in [0.25, 0.3) is 5.39 Å². The molecule has 0 atom stereocenters. The molecule has 0 saturated carbocycles. The molecular formula is C8H7N3S. The van der Waals surface area contributed by atoms with Crippen molar-refractivity contribution in [2.45, 2.75) is 6.92 Å². The lowest BCUT2D eigenvalue weighted by Gasteiger charge is -2.03. The van der Waals surface area contributed by atoms with E-state index in [1.54, 1.807) is 0 Å². The number of aryl methyl sites for hydroxylation is 1. The Morgan fingerprint density at radius 2 is 2.00 bits per heavy atom. The van der Waals surface area contributed by atoms with Gasteiger partial charge in [0.15, 0.2) is 0 Å². The highest BCUT2D eigenvalue weighted by molar-refractivity contribution is 7.78. The van der Waals surface area contributed by atoms with Crippen LogP contribution in [0.3, 0.4) is 0 Å². The van der Waals surface area contributed by atoms with Crippen LogP contribution in [0.25, 0.3) is 5.08 Å². The number of hydrogen-bond acceptors (Lipinski definition) is 3. The first kappa shape index (κ1) is 8.62. The zero-order valence-corrected chi connectivity index (χ0v) is 7.38. The lowest BCUT2D eigenvalue weighted by Crippen LogP contribution is -1.93. The number of benzene rings is 1. The summed E-state index contributed by atoms with van der Waals surface area (Å²) in [6.45, 7) is 1.99. The first-order valence-electron chi connectivity index (χ1n) is 3.40. The molecule has 0 heterocycles.